The quantitative estimate of drug-likeness (QED) is 0.332. The highest BCUT2D eigenvalue weighted by Crippen LogP contribution is 2.01. The third kappa shape index (κ3) is 5.31. The summed E-state index contributed by atoms with van der Waals surface area (Å²) in [5, 5.41) is -0.0973. The fraction of sp³-hybridized carbons (Fsp3) is 0.444. The molecule has 0 heterocycles. The van der Waals surface area contributed by atoms with E-state index in [9.17, 15) is 14.4 Å². The van der Waals surface area contributed by atoms with Crippen LogP contribution in [0.5, 0.6) is 0 Å². The summed E-state index contributed by atoms with van der Waals surface area (Å²) in [6.45, 7) is 6.10. The zero-order chi connectivity index (χ0) is 12.0. The number of hydrogen-bond acceptors (Lipinski definition) is 5. The van der Waals surface area contributed by atoms with E-state index in [1.807, 2.05) is 0 Å². The molecular weight excluding hydrogens is 268 g/mol. The first-order chi connectivity index (χ1) is 6.88. The Morgan fingerprint density at radius 1 is 1.40 bits per heavy atom. The van der Waals surface area contributed by atoms with Gasteiger partial charge in [0.1, 0.15) is 5.33 Å². The second-order valence-corrected chi connectivity index (χ2v) is 3.32. The lowest BCUT2D eigenvalue weighted by Gasteiger charge is -2.10. The molecular formula is C9H11BrO5. The smallest absolute Gasteiger partial charge is 0.354 e. The molecule has 1 atom stereocenters. The highest BCUT2D eigenvalue weighted by molar-refractivity contribution is 9.09. The molecule has 0 aliphatic rings. The van der Waals surface area contributed by atoms with E-state index in [1.165, 1.54) is 13.8 Å². The van der Waals surface area contributed by atoms with Gasteiger partial charge < -0.3 is 9.47 Å². The number of halogens is 1. The maximum absolute atomic E-state index is 11.1. The summed E-state index contributed by atoms with van der Waals surface area (Å²) in [4.78, 5) is 32.8. The van der Waals surface area contributed by atoms with Gasteiger partial charge in [-0.2, -0.15) is 0 Å². The first kappa shape index (κ1) is 13.8. The Balaban J connectivity index is 4.16. The molecule has 0 aliphatic heterocycles. The minimum absolute atomic E-state index is 0.0973. The van der Waals surface area contributed by atoms with Crippen molar-refractivity contribution in [3.05, 3.63) is 12.2 Å². The van der Waals surface area contributed by atoms with Gasteiger partial charge in [0.2, 0.25) is 0 Å². The van der Waals surface area contributed by atoms with Gasteiger partial charge in [-0.25, -0.2) is 9.59 Å². The van der Waals surface area contributed by atoms with E-state index in [4.69, 9.17) is 0 Å². The number of carbonyl (C=O) groups is 3. The predicted octanol–water partition coefficient (Wildman–Crippen LogP) is 0.959. The summed E-state index contributed by atoms with van der Waals surface area (Å²) in [6.07, 6.45) is -1.13. The molecule has 0 saturated carbocycles. The van der Waals surface area contributed by atoms with Gasteiger partial charge >= 0.3 is 17.9 Å². The van der Waals surface area contributed by atoms with Crippen molar-refractivity contribution in [2.45, 2.75) is 20.0 Å². The first-order valence-electron chi connectivity index (χ1n) is 4.05. The van der Waals surface area contributed by atoms with Crippen LogP contribution in [0.4, 0.5) is 0 Å². The molecule has 0 spiro atoms. The summed E-state index contributed by atoms with van der Waals surface area (Å²) in [7, 11) is 0. The summed E-state index contributed by atoms with van der Waals surface area (Å²) in [6, 6.07) is 0. The summed E-state index contributed by atoms with van der Waals surface area (Å²) < 4.78 is 8.95. The molecule has 0 aromatic heterocycles. The fourth-order valence-corrected chi connectivity index (χ4v) is 0.646. The Kier molecular flexibility index (Phi) is 5.84. The summed E-state index contributed by atoms with van der Waals surface area (Å²) >= 11 is 2.82. The number of ether oxygens (including phenoxy) is 2. The standard InChI is InChI=1S/C9H11BrO5/c1-5(2)8(12)14-6(3)9(13)15-7(11)4-10/h6H,1,4H2,2-3H3. The van der Waals surface area contributed by atoms with Crippen LogP contribution in [0.3, 0.4) is 0 Å². The average molecular weight is 279 g/mol. The van der Waals surface area contributed by atoms with Gasteiger partial charge in [0.15, 0.2) is 6.10 Å². The third-order valence-corrected chi connectivity index (χ3v) is 1.75. The van der Waals surface area contributed by atoms with Crippen LogP contribution in [0.15, 0.2) is 12.2 Å². The van der Waals surface area contributed by atoms with Crippen LogP contribution in [0.2, 0.25) is 0 Å². The van der Waals surface area contributed by atoms with Crippen molar-refractivity contribution in [2.24, 2.45) is 0 Å². The van der Waals surface area contributed by atoms with E-state index < -0.39 is 24.0 Å². The minimum Gasteiger partial charge on any atom is -0.447 e. The third-order valence-electron chi connectivity index (χ3n) is 1.29. The number of alkyl halides is 1. The largest absolute Gasteiger partial charge is 0.447 e. The Hall–Kier alpha value is -1.17. The molecule has 15 heavy (non-hydrogen) atoms. The van der Waals surface area contributed by atoms with Crippen molar-refractivity contribution in [1.82, 2.24) is 0 Å². The first-order valence-corrected chi connectivity index (χ1v) is 5.17. The number of carbonyl (C=O) groups excluding carboxylic acids is 3. The van der Waals surface area contributed by atoms with Gasteiger partial charge in [-0.1, -0.05) is 22.5 Å². The molecule has 0 fully saturated rings. The lowest BCUT2D eigenvalue weighted by molar-refractivity contribution is -0.170. The normalized spacial score (nSPS) is 11.4. The second-order valence-electron chi connectivity index (χ2n) is 2.75. The van der Waals surface area contributed by atoms with Crippen LogP contribution in [-0.2, 0) is 23.9 Å². The topological polar surface area (TPSA) is 69.7 Å². The van der Waals surface area contributed by atoms with Gasteiger partial charge in [-0.15, -0.1) is 0 Å². The van der Waals surface area contributed by atoms with Crippen LogP contribution in [0, 0.1) is 0 Å². The van der Waals surface area contributed by atoms with Crippen molar-refractivity contribution < 1.29 is 23.9 Å². The summed E-state index contributed by atoms with van der Waals surface area (Å²) in [5.41, 5.74) is 0.168. The number of esters is 3. The van der Waals surface area contributed by atoms with Gasteiger partial charge in [0.05, 0.1) is 0 Å². The Bertz CT molecular complexity index is 297. The number of hydrogen-bond donors (Lipinski definition) is 0. The Labute approximate surface area is 95.5 Å². The molecule has 0 aromatic rings. The number of rotatable bonds is 4. The lowest BCUT2D eigenvalue weighted by atomic mass is 10.3. The van der Waals surface area contributed by atoms with Crippen LogP contribution in [0.25, 0.3) is 0 Å². The molecule has 0 aromatic carbocycles. The van der Waals surface area contributed by atoms with E-state index in [0.29, 0.717) is 0 Å². The SMILES string of the molecule is C=C(C)C(=O)OC(C)C(=O)OC(=O)CBr. The van der Waals surface area contributed by atoms with Crippen LogP contribution in [-0.4, -0.2) is 29.3 Å². The molecule has 0 amide bonds. The van der Waals surface area contributed by atoms with Gasteiger partial charge in [-0.3, -0.25) is 4.79 Å². The van der Waals surface area contributed by atoms with Crippen LogP contribution >= 0.6 is 15.9 Å². The lowest BCUT2D eigenvalue weighted by Crippen LogP contribution is -2.28. The van der Waals surface area contributed by atoms with E-state index >= 15 is 0 Å². The molecule has 0 N–H and O–H groups in total. The van der Waals surface area contributed by atoms with E-state index in [0.717, 1.165) is 0 Å². The Morgan fingerprint density at radius 2 is 1.93 bits per heavy atom. The van der Waals surface area contributed by atoms with E-state index in [2.05, 4.69) is 32.0 Å². The van der Waals surface area contributed by atoms with Crippen LogP contribution < -0.4 is 0 Å². The molecule has 0 rings (SSSR count). The van der Waals surface area contributed by atoms with Crippen LogP contribution in [0.1, 0.15) is 13.8 Å². The van der Waals surface area contributed by atoms with Crippen molar-refractivity contribution in [2.75, 3.05) is 5.33 Å². The van der Waals surface area contributed by atoms with Crippen molar-refractivity contribution in [3.63, 3.8) is 0 Å². The van der Waals surface area contributed by atoms with E-state index in [-0.39, 0.29) is 10.9 Å². The fourth-order valence-electron chi connectivity index (χ4n) is 0.532. The molecule has 5 nitrogen and oxygen atoms in total. The van der Waals surface area contributed by atoms with Gasteiger partial charge in [0.25, 0.3) is 0 Å². The van der Waals surface area contributed by atoms with Gasteiger partial charge in [0, 0.05) is 5.57 Å². The molecule has 84 valence electrons. The maximum atomic E-state index is 11.1. The monoisotopic (exact) mass is 278 g/mol. The molecule has 0 aliphatic carbocycles. The minimum atomic E-state index is -1.13. The Morgan fingerprint density at radius 3 is 2.33 bits per heavy atom. The molecule has 1 unspecified atom stereocenters. The zero-order valence-corrected chi connectivity index (χ0v) is 10.00. The zero-order valence-electron chi connectivity index (χ0n) is 8.41. The van der Waals surface area contributed by atoms with Crippen molar-refractivity contribution >= 4 is 33.8 Å². The van der Waals surface area contributed by atoms with E-state index in [1.54, 1.807) is 0 Å². The molecule has 0 bridgehead atoms. The predicted molar refractivity (Wildman–Crippen MR) is 55.3 cm³/mol. The second kappa shape index (κ2) is 6.34. The van der Waals surface area contributed by atoms with Crippen molar-refractivity contribution in [1.29, 1.82) is 0 Å². The van der Waals surface area contributed by atoms with Crippen molar-refractivity contribution in [3.8, 4) is 0 Å². The molecule has 0 saturated heterocycles. The average Bonchev–Trinajstić information content (AvgIpc) is 2.16. The maximum Gasteiger partial charge on any atom is 0.354 e. The molecule has 6 heteroatoms. The van der Waals surface area contributed by atoms with Gasteiger partial charge in [-0.05, 0) is 13.8 Å². The summed E-state index contributed by atoms with van der Waals surface area (Å²) in [5.74, 6) is -2.35. The highest BCUT2D eigenvalue weighted by Gasteiger charge is 2.21. The highest BCUT2D eigenvalue weighted by atomic mass is 79.9. The molecule has 0 radical (unpaired) electrons.